The second-order valence-electron chi connectivity index (χ2n) is 13.5. The molecule has 10 rings (SSSR count). The van der Waals surface area contributed by atoms with E-state index in [1.807, 2.05) is 54.6 Å². The Hall–Kier alpha value is -7.50. The van der Waals surface area contributed by atoms with Crippen molar-refractivity contribution in [2.45, 2.75) is 0 Å². The van der Waals surface area contributed by atoms with Gasteiger partial charge in [-0.05, 0) is 51.9 Å². The van der Waals surface area contributed by atoms with Crippen molar-refractivity contribution < 1.29 is 4.74 Å². The van der Waals surface area contributed by atoms with Crippen molar-refractivity contribution in [1.29, 1.82) is 0 Å². The molecule has 3 heterocycles. The molecule has 7 aromatic carbocycles. The molecule has 9 aromatic rings. The molecule has 2 aromatic heterocycles. The number of ether oxygens (including phenoxy) is 1. The molecule has 0 atom stereocenters. The third kappa shape index (κ3) is 6.14. The molecule has 0 radical (unpaired) electrons. The van der Waals surface area contributed by atoms with Gasteiger partial charge in [-0.2, -0.15) is 0 Å². The van der Waals surface area contributed by atoms with Crippen molar-refractivity contribution >= 4 is 22.9 Å². The van der Waals surface area contributed by atoms with Gasteiger partial charge in [0, 0.05) is 45.6 Å². The van der Waals surface area contributed by atoms with Gasteiger partial charge in [0.1, 0.15) is 11.5 Å². The maximum absolute atomic E-state index is 7.07. The fourth-order valence-corrected chi connectivity index (χ4v) is 7.28. The molecule has 258 valence electrons. The fourth-order valence-electron chi connectivity index (χ4n) is 7.28. The summed E-state index contributed by atoms with van der Waals surface area (Å²) in [6, 6.07) is 58.3. The number of aromatic nitrogens is 4. The summed E-state index contributed by atoms with van der Waals surface area (Å²) in [5.41, 5.74) is 11.6. The SMILES string of the molecule is C1=Cc2ccc(-c3cc(-c4ccccc4)nc(-c4cnc(-c5ccccc5)nc4)n3)cc2-c2ccc3ccccc3c2Oc2ccccc2-c2ccccc21. The van der Waals surface area contributed by atoms with E-state index in [4.69, 9.17) is 24.7 Å². The average molecular weight is 705 g/mol. The van der Waals surface area contributed by atoms with Crippen molar-refractivity contribution in [1.82, 2.24) is 19.9 Å². The molecular weight excluding hydrogens is 673 g/mol. The summed E-state index contributed by atoms with van der Waals surface area (Å²) in [6.07, 6.45) is 8.01. The molecule has 1 aliphatic rings. The van der Waals surface area contributed by atoms with Crippen LogP contribution in [0.4, 0.5) is 0 Å². The highest BCUT2D eigenvalue weighted by Crippen LogP contribution is 2.45. The number of fused-ring (bicyclic) bond motifs is 8. The predicted octanol–water partition coefficient (Wildman–Crippen LogP) is 12.7. The Morgan fingerprint density at radius 2 is 1.02 bits per heavy atom. The Morgan fingerprint density at radius 3 is 1.82 bits per heavy atom. The van der Waals surface area contributed by atoms with Gasteiger partial charge < -0.3 is 4.74 Å². The van der Waals surface area contributed by atoms with E-state index >= 15 is 0 Å². The Labute approximate surface area is 319 Å². The number of nitrogens with zero attached hydrogens (tertiary/aromatic N) is 4. The number of hydrogen-bond donors (Lipinski definition) is 0. The minimum Gasteiger partial charge on any atom is -0.455 e. The summed E-state index contributed by atoms with van der Waals surface area (Å²) in [5, 5.41) is 2.15. The summed E-state index contributed by atoms with van der Waals surface area (Å²) in [4.78, 5) is 19.6. The van der Waals surface area contributed by atoms with Gasteiger partial charge in [0.05, 0.1) is 17.0 Å². The van der Waals surface area contributed by atoms with Gasteiger partial charge in [0.15, 0.2) is 11.6 Å². The van der Waals surface area contributed by atoms with Gasteiger partial charge in [-0.1, -0.05) is 158 Å². The van der Waals surface area contributed by atoms with E-state index in [1.165, 1.54) is 0 Å². The van der Waals surface area contributed by atoms with E-state index in [1.54, 1.807) is 12.4 Å². The Kier molecular flexibility index (Phi) is 8.08. The van der Waals surface area contributed by atoms with Crippen LogP contribution in [0.2, 0.25) is 0 Å². The lowest BCUT2D eigenvalue weighted by Crippen LogP contribution is -1.98. The molecule has 5 heteroatoms. The van der Waals surface area contributed by atoms with Crippen molar-refractivity contribution in [2.75, 3.05) is 0 Å². The molecule has 1 aliphatic heterocycles. The number of rotatable bonds is 4. The first-order valence-corrected chi connectivity index (χ1v) is 18.3. The summed E-state index contributed by atoms with van der Waals surface area (Å²) in [6.45, 7) is 0. The topological polar surface area (TPSA) is 60.8 Å². The van der Waals surface area contributed by atoms with Crippen molar-refractivity contribution in [2.24, 2.45) is 0 Å². The molecule has 0 N–H and O–H groups in total. The van der Waals surface area contributed by atoms with Crippen LogP contribution in [0.1, 0.15) is 11.1 Å². The van der Waals surface area contributed by atoms with Crippen molar-refractivity contribution in [3.63, 3.8) is 0 Å². The van der Waals surface area contributed by atoms with E-state index in [2.05, 4.69) is 127 Å². The van der Waals surface area contributed by atoms with Crippen LogP contribution in [0.5, 0.6) is 11.5 Å². The number of para-hydroxylation sites is 1. The number of hydrogen-bond acceptors (Lipinski definition) is 5. The average Bonchev–Trinajstić information content (AvgIpc) is 3.28. The lowest BCUT2D eigenvalue weighted by atomic mass is 9.92. The maximum Gasteiger partial charge on any atom is 0.163 e. The van der Waals surface area contributed by atoms with Crippen LogP contribution >= 0.6 is 0 Å². The summed E-state index contributed by atoms with van der Waals surface area (Å²) in [7, 11) is 0. The van der Waals surface area contributed by atoms with Gasteiger partial charge in [0.2, 0.25) is 0 Å². The zero-order chi connectivity index (χ0) is 36.6. The Bertz CT molecular complexity index is 2890. The molecule has 55 heavy (non-hydrogen) atoms. The molecule has 0 fully saturated rings. The number of benzene rings is 7. The van der Waals surface area contributed by atoms with Crippen LogP contribution in [0.3, 0.4) is 0 Å². The molecular formula is C50H32N4O. The van der Waals surface area contributed by atoms with Crippen LogP contribution < -0.4 is 4.74 Å². The molecule has 0 bridgehead atoms. The van der Waals surface area contributed by atoms with Crippen LogP contribution in [-0.4, -0.2) is 19.9 Å². The molecule has 0 saturated carbocycles. The Morgan fingerprint density at radius 1 is 0.382 bits per heavy atom. The van der Waals surface area contributed by atoms with Gasteiger partial charge in [-0.3, -0.25) is 0 Å². The first-order chi connectivity index (χ1) is 27.2. The zero-order valence-electron chi connectivity index (χ0n) is 29.7. The Balaban J connectivity index is 1.18. The molecule has 0 spiro atoms. The smallest absolute Gasteiger partial charge is 0.163 e. The fraction of sp³-hybridized carbons (Fsp3) is 0. The molecule has 0 aliphatic carbocycles. The predicted molar refractivity (Wildman–Crippen MR) is 223 cm³/mol. The van der Waals surface area contributed by atoms with E-state index < -0.39 is 0 Å². The maximum atomic E-state index is 7.07. The third-order valence-electron chi connectivity index (χ3n) is 10.0. The third-order valence-corrected chi connectivity index (χ3v) is 10.0. The minimum atomic E-state index is 0.551. The zero-order valence-corrected chi connectivity index (χ0v) is 29.7. The van der Waals surface area contributed by atoms with Crippen LogP contribution in [-0.2, 0) is 0 Å². The standard InChI is InChI=1S/C50H32N4O/c1-3-15-36(16-4-1)45-30-46(54-50(53-45)39-31-51-49(52-32-39)37-17-5-2-6-18-37)38-26-25-35-24-23-33-13-7-9-19-40(33)42-21-11-12-22-47(42)55-48-41-20-10-8-14-34(41)27-28-43(48)44(35)29-38/h1-32H. The largest absolute Gasteiger partial charge is 0.455 e. The lowest BCUT2D eigenvalue weighted by Gasteiger charge is -2.18. The first-order valence-electron chi connectivity index (χ1n) is 18.3. The molecule has 0 unspecified atom stereocenters. The van der Waals surface area contributed by atoms with Gasteiger partial charge in [-0.25, -0.2) is 19.9 Å². The summed E-state index contributed by atoms with van der Waals surface area (Å²) < 4.78 is 7.07. The van der Waals surface area contributed by atoms with Gasteiger partial charge in [-0.15, -0.1) is 0 Å². The second kappa shape index (κ2) is 13.8. The van der Waals surface area contributed by atoms with E-state index in [0.717, 1.165) is 89.3 Å². The lowest BCUT2D eigenvalue weighted by molar-refractivity contribution is 0.492. The summed E-state index contributed by atoms with van der Waals surface area (Å²) >= 11 is 0. The van der Waals surface area contributed by atoms with Crippen LogP contribution in [0, 0.1) is 0 Å². The minimum absolute atomic E-state index is 0.551. The van der Waals surface area contributed by atoms with Crippen LogP contribution in [0.25, 0.3) is 90.5 Å². The quantitative estimate of drug-likeness (QED) is 0.182. The van der Waals surface area contributed by atoms with Crippen molar-refractivity contribution in [3.8, 4) is 79.0 Å². The van der Waals surface area contributed by atoms with E-state index in [0.29, 0.717) is 11.6 Å². The summed E-state index contributed by atoms with van der Waals surface area (Å²) in [5.74, 6) is 2.81. The highest BCUT2D eigenvalue weighted by Gasteiger charge is 2.20. The molecule has 5 nitrogen and oxygen atoms in total. The highest BCUT2D eigenvalue weighted by atomic mass is 16.5. The van der Waals surface area contributed by atoms with Gasteiger partial charge >= 0.3 is 0 Å². The molecule has 0 amide bonds. The second-order valence-corrected chi connectivity index (χ2v) is 13.5. The van der Waals surface area contributed by atoms with Crippen molar-refractivity contribution in [3.05, 3.63) is 193 Å². The normalized spacial score (nSPS) is 11.7. The van der Waals surface area contributed by atoms with Gasteiger partial charge in [0.25, 0.3) is 0 Å². The van der Waals surface area contributed by atoms with Crippen LogP contribution in [0.15, 0.2) is 182 Å². The molecule has 0 saturated heterocycles. The van der Waals surface area contributed by atoms with E-state index in [9.17, 15) is 0 Å². The monoisotopic (exact) mass is 704 g/mol. The first kappa shape index (κ1) is 32.2. The van der Waals surface area contributed by atoms with E-state index in [-0.39, 0.29) is 0 Å². The highest BCUT2D eigenvalue weighted by molar-refractivity contribution is 5.99.